The monoisotopic (exact) mass is 230 g/mol. The summed E-state index contributed by atoms with van der Waals surface area (Å²) < 4.78 is 0. The molecule has 0 amide bonds. The zero-order valence-electron chi connectivity index (χ0n) is 13.6. The lowest BCUT2D eigenvalue weighted by Gasteiger charge is -1.80. The Morgan fingerprint density at radius 1 is 0.812 bits per heavy atom. The summed E-state index contributed by atoms with van der Waals surface area (Å²) in [6.45, 7) is 24.7. The van der Waals surface area contributed by atoms with Crippen molar-refractivity contribution >= 4 is 0 Å². The van der Waals surface area contributed by atoms with E-state index < -0.39 is 0 Å². The third-order valence-corrected chi connectivity index (χ3v) is 1.11. The van der Waals surface area contributed by atoms with Gasteiger partial charge in [0.25, 0.3) is 0 Å². The molecular formula is C16H38. The third kappa shape index (κ3) is 173. The van der Waals surface area contributed by atoms with Crippen LogP contribution in [0.3, 0.4) is 0 Å². The number of allylic oxidation sites excluding steroid dienone is 2. The van der Waals surface area contributed by atoms with Crippen molar-refractivity contribution in [3.05, 3.63) is 24.8 Å². The van der Waals surface area contributed by atoms with Gasteiger partial charge in [-0.05, 0) is 20.3 Å². The van der Waals surface area contributed by atoms with Gasteiger partial charge < -0.3 is 0 Å². The Kier molecular flexibility index (Phi) is 116. The van der Waals surface area contributed by atoms with Gasteiger partial charge in [0.05, 0.1) is 0 Å². The van der Waals surface area contributed by atoms with Gasteiger partial charge in [-0.2, -0.15) is 0 Å². The fraction of sp³-hybridized carbons (Fsp3) is 0.750. The highest BCUT2D eigenvalue weighted by atomic mass is 13.7. The molecule has 0 aromatic carbocycles. The largest absolute Gasteiger partial charge is 0.106 e. The SMILES string of the molecule is C=C.CC.CC.CCC=C(C)C.CCCC. The maximum atomic E-state index is 3.00. The average Bonchev–Trinajstić information content (AvgIpc) is 2.37. The van der Waals surface area contributed by atoms with Crippen LogP contribution < -0.4 is 0 Å². The van der Waals surface area contributed by atoms with Crippen LogP contribution >= 0.6 is 0 Å². The zero-order valence-corrected chi connectivity index (χ0v) is 13.6. The molecule has 0 aliphatic carbocycles. The van der Waals surface area contributed by atoms with Crippen molar-refractivity contribution in [1.82, 2.24) is 0 Å². The Morgan fingerprint density at radius 2 is 1.06 bits per heavy atom. The molecule has 0 aliphatic heterocycles. The first kappa shape index (κ1) is 29.6. The van der Waals surface area contributed by atoms with Crippen molar-refractivity contribution in [3.8, 4) is 0 Å². The summed E-state index contributed by atoms with van der Waals surface area (Å²) in [7, 11) is 0. The van der Waals surface area contributed by atoms with Gasteiger partial charge in [-0.1, -0.05) is 73.0 Å². The van der Waals surface area contributed by atoms with Crippen LogP contribution in [0.1, 0.15) is 81.6 Å². The molecule has 16 heavy (non-hydrogen) atoms. The van der Waals surface area contributed by atoms with E-state index in [9.17, 15) is 0 Å². The van der Waals surface area contributed by atoms with Crippen LogP contribution in [0.5, 0.6) is 0 Å². The quantitative estimate of drug-likeness (QED) is 0.447. The van der Waals surface area contributed by atoms with Crippen LogP contribution in [0.15, 0.2) is 24.8 Å². The van der Waals surface area contributed by atoms with Crippen molar-refractivity contribution in [2.75, 3.05) is 0 Å². The third-order valence-electron chi connectivity index (χ3n) is 1.11. The van der Waals surface area contributed by atoms with E-state index in [1.807, 2.05) is 27.7 Å². The Labute approximate surface area is 107 Å². The van der Waals surface area contributed by atoms with Gasteiger partial charge in [-0.3, -0.25) is 0 Å². The second-order valence-electron chi connectivity index (χ2n) is 2.69. The summed E-state index contributed by atoms with van der Waals surface area (Å²) >= 11 is 0. The summed E-state index contributed by atoms with van der Waals surface area (Å²) in [6.07, 6.45) is 6.02. The molecule has 0 aromatic heterocycles. The summed E-state index contributed by atoms with van der Waals surface area (Å²) in [5.41, 5.74) is 1.41. The average molecular weight is 230 g/mol. The van der Waals surface area contributed by atoms with E-state index in [4.69, 9.17) is 0 Å². The van der Waals surface area contributed by atoms with Gasteiger partial charge in [0, 0.05) is 0 Å². The van der Waals surface area contributed by atoms with Crippen molar-refractivity contribution in [2.45, 2.75) is 81.6 Å². The van der Waals surface area contributed by atoms with E-state index in [-0.39, 0.29) is 0 Å². The van der Waals surface area contributed by atoms with Crippen LogP contribution in [0.2, 0.25) is 0 Å². The highest BCUT2D eigenvalue weighted by Gasteiger charge is 1.67. The van der Waals surface area contributed by atoms with E-state index in [0.717, 1.165) is 0 Å². The first-order valence-electron chi connectivity index (χ1n) is 6.82. The van der Waals surface area contributed by atoms with E-state index in [0.29, 0.717) is 0 Å². The minimum absolute atomic E-state index is 1.17. The number of hydrogen-bond acceptors (Lipinski definition) is 0. The molecule has 0 nitrogen and oxygen atoms in total. The van der Waals surface area contributed by atoms with Crippen molar-refractivity contribution in [2.24, 2.45) is 0 Å². The normalized spacial score (nSPS) is 5.81. The standard InChI is InChI=1S/C6H12.C4H10.2C2H6.C2H4/c1-4-5-6(2)3;1-3-4-2;3*1-2/h5H,4H2,1-3H3;3-4H2,1-2H3;2*1-2H3;1-2H2. The Morgan fingerprint density at radius 3 is 1.06 bits per heavy atom. The van der Waals surface area contributed by atoms with Crippen molar-refractivity contribution in [3.63, 3.8) is 0 Å². The molecule has 0 bridgehead atoms. The van der Waals surface area contributed by atoms with E-state index >= 15 is 0 Å². The predicted octanol–water partition coefficient (Wildman–Crippen LogP) is 7.02. The van der Waals surface area contributed by atoms with Gasteiger partial charge in [0.1, 0.15) is 0 Å². The summed E-state index contributed by atoms with van der Waals surface area (Å²) in [5, 5.41) is 0. The number of unbranched alkanes of at least 4 members (excludes halogenated alkanes) is 1. The number of rotatable bonds is 2. The molecule has 0 saturated heterocycles. The van der Waals surface area contributed by atoms with Gasteiger partial charge in [-0.25, -0.2) is 0 Å². The fourth-order valence-corrected chi connectivity index (χ4v) is 0.408. The summed E-state index contributed by atoms with van der Waals surface area (Å²) in [4.78, 5) is 0. The summed E-state index contributed by atoms with van der Waals surface area (Å²) in [6, 6.07) is 0. The lowest BCUT2D eigenvalue weighted by Crippen LogP contribution is -1.58. The van der Waals surface area contributed by atoms with Crippen LogP contribution in [-0.4, -0.2) is 0 Å². The minimum atomic E-state index is 1.17. The van der Waals surface area contributed by atoms with Gasteiger partial charge >= 0.3 is 0 Å². The number of hydrogen-bond donors (Lipinski definition) is 0. The molecule has 0 spiro atoms. The molecule has 0 aliphatic rings. The van der Waals surface area contributed by atoms with Gasteiger partial charge in [-0.15, -0.1) is 13.2 Å². The minimum Gasteiger partial charge on any atom is -0.106 e. The van der Waals surface area contributed by atoms with Crippen LogP contribution in [0, 0.1) is 0 Å². The zero-order chi connectivity index (χ0) is 14.4. The maximum absolute atomic E-state index is 3.00. The fourth-order valence-electron chi connectivity index (χ4n) is 0.408. The molecule has 0 radical (unpaired) electrons. The lowest BCUT2D eigenvalue weighted by molar-refractivity contribution is 0.886. The molecule has 0 heteroatoms. The van der Waals surface area contributed by atoms with E-state index in [1.54, 1.807) is 0 Å². The topological polar surface area (TPSA) is 0 Å². The lowest BCUT2D eigenvalue weighted by atomic mass is 10.3. The van der Waals surface area contributed by atoms with Crippen LogP contribution in [0.4, 0.5) is 0 Å². The Balaban J connectivity index is -0.0000000354. The summed E-state index contributed by atoms with van der Waals surface area (Å²) in [5.74, 6) is 0. The molecular weight excluding hydrogens is 192 g/mol. The van der Waals surface area contributed by atoms with Crippen LogP contribution in [0.25, 0.3) is 0 Å². The molecule has 0 heterocycles. The molecule has 0 N–H and O–H groups in total. The van der Waals surface area contributed by atoms with Crippen molar-refractivity contribution < 1.29 is 0 Å². The molecule has 0 atom stereocenters. The Bertz CT molecular complexity index is 74.0. The molecule has 102 valence electrons. The van der Waals surface area contributed by atoms with Gasteiger partial charge in [0.15, 0.2) is 0 Å². The van der Waals surface area contributed by atoms with Gasteiger partial charge in [0.2, 0.25) is 0 Å². The molecule has 0 fully saturated rings. The smallest absolute Gasteiger partial charge is 0.0377 e. The van der Waals surface area contributed by atoms with E-state index in [2.05, 4.69) is 53.9 Å². The molecule has 0 unspecified atom stereocenters. The molecule has 0 rings (SSSR count). The predicted molar refractivity (Wildman–Crippen MR) is 84.3 cm³/mol. The van der Waals surface area contributed by atoms with Crippen LogP contribution in [-0.2, 0) is 0 Å². The van der Waals surface area contributed by atoms with E-state index in [1.165, 1.54) is 24.8 Å². The second kappa shape index (κ2) is 62.7. The highest BCUT2D eigenvalue weighted by molar-refractivity contribution is 4.91. The molecule has 0 saturated carbocycles. The molecule has 0 aromatic rings. The highest BCUT2D eigenvalue weighted by Crippen LogP contribution is 1.89. The maximum Gasteiger partial charge on any atom is -0.0377 e. The van der Waals surface area contributed by atoms with Crippen molar-refractivity contribution in [1.29, 1.82) is 0 Å². The second-order valence-corrected chi connectivity index (χ2v) is 2.69. The first-order chi connectivity index (χ1) is 7.68. The Hall–Kier alpha value is -0.520. The first-order valence-corrected chi connectivity index (χ1v) is 6.82.